The van der Waals surface area contributed by atoms with Crippen LogP contribution in [-0.4, -0.2) is 175 Å². The van der Waals surface area contributed by atoms with Gasteiger partial charge < -0.3 is 14.9 Å². The predicted molar refractivity (Wildman–Crippen MR) is 41.5 cm³/mol. The van der Waals surface area contributed by atoms with Crippen LogP contribution in [0.3, 0.4) is 0 Å². The van der Waals surface area contributed by atoms with Gasteiger partial charge in [0.25, 0.3) is 0 Å². The van der Waals surface area contributed by atoms with E-state index in [4.69, 9.17) is 14.9 Å². The van der Waals surface area contributed by atoms with E-state index in [2.05, 4.69) is 0 Å². The second-order valence-electron chi connectivity index (χ2n) is 0.827. The SMILES string of the molecule is O=C(O)P(=O)(O)O.[KH].[KH].[KH]. The summed E-state index contributed by atoms with van der Waals surface area (Å²) in [5.74, 6) is 0. The van der Waals surface area contributed by atoms with Crippen molar-refractivity contribution in [2.75, 3.05) is 0 Å². The van der Waals surface area contributed by atoms with Crippen LogP contribution < -0.4 is 0 Å². The van der Waals surface area contributed by atoms with E-state index in [1.54, 1.807) is 0 Å². The van der Waals surface area contributed by atoms with Gasteiger partial charge in [0.15, 0.2) is 0 Å². The van der Waals surface area contributed by atoms with Gasteiger partial charge in [0.1, 0.15) is 0 Å². The summed E-state index contributed by atoms with van der Waals surface area (Å²) < 4.78 is 9.43. The molecule has 0 aliphatic rings. The van der Waals surface area contributed by atoms with Crippen LogP contribution in [-0.2, 0) is 4.57 Å². The van der Waals surface area contributed by atoms with Crippen molar-refractivity contribution in [3.63, 3.8) is 0 Å². The molecule has 0 aliphatic carbocycles. The normalized spacial score (nSPS) is 7.80. The fraction of sp³-hybridized carbons (Fsp3) is 0. The van der Waals surface area contributed by atoms with E-state index >= 15 is 0 Å². The second kappa shape index (κ2) is 11.6. The molecule has 0 heterocycles. The maximum atomic E-state index is 9.43. The Hall–Kier alpha value is 4.53. The van der Waals surface area contributed by atoms with E-state index in [0.29, 0.717) is 0 Å². The fourth-order valence-electron chi connectivity index (χ4n) is 0. The molecular formula is CH6K3O5P. The molecule has 0 radical (unpaired) electrons. The number of carboxylic acid groups (broad SMARTS) is 1. The van der Waals surface area contributed by atoms with Crippen LogP contribution >= 0.6 is 7.60 Å². The van der Waals surface area contributed by atoms with Gasteiger partial charge in [-0.1, -0.05) is 0 Å². The van der Waals surface area contributed by atoms with Crippen molar-refractivity contribution in [3.05, 3.63) is 0 Å². The summed E-state index contributed by atoms with van der Waals surface area (Å²) in [5.41, 5.74) is -2.09. The zero-order chi connectivity index (χ0) is 6.08. The van der Waals surface area contributed by atoms with Gasteiger partial charge in [0.05, 0.1) is 0 Å². The fourth-order valence-corrected chi connectivity index (χ4v) is 0. The second-order valence-corrected chi connectivity index (χ2v) is 2.30. The number of rotatable bonds is 1. The quantitative estimate of drug-likeness (QED) is 0.364. The Morgan fingerprint density at radius 2 is 1.20 bits per heavy atom. The van der Waals surface area contributed by atoms with Crippen molar-refractivity contribution in [1.82, 2.24) is 0 Å². The molecule has 0 fully saturated rings. The van der Waals surface area contributed by atoms with Crippen LogP contribution in [0, 0.1) is 0 Å². The Labute approximate surface area is 186 Å². The minimum absolute atomic E-state index is 0. The third-order valence-electron chi connectivity index (χ3n) is 0.249. The Bertz CT molecular complexity index is 129. The molecular weight excluding hydrogens is 240 g/mol. The Morgan fingerprint density at radius 1 is 1.10 bits per heavy atom. The molecule has 10 heavy (non-hydrogen) atoms. The molecule has 9 heteroatoms. The predicted octanol–water partition coefficient (Wildman–Crippen LogP) is -2.10. The summed E-state index contributed by atoms with van der Waals surface area (Å²) in [7, 11) is -4.82. The third kappa shape index (κ3) is 15.0. The monoisotopic (exact) mass is 246 g/mol. The molecule has 3 N–H and O–H groups in total. The molecule has 0 spiro atoms. The van der Waals surface area contributed by atoms with Crippen LogP contribution in [0.5, 0.6) is 0 Å². The zero-order valence-corrected chi connectivity index (χ0v) is 4.00. The molecule has 0 amide bonds. The van der Waals surface area contributed by atoms with Crippen molar-refractivity contribution in [2.45, 2.75) is 0 Å². The van der Waals surface area contributed by atoms with Gasteiger partial charge in [-0.2, -0.15) is 0 Å². The van der Waals surface area contributed by atoms with Gasteiger partial charge in [-0.15, -0.1) is 0 Å². The molecule has 48 valence electrons. The molecule has 0 rings (SSSR count). The van der Waals surface area contributed by atoms with Gasteiger partial charge in [0, 0.05) is 0 Å². The minimum atomic E-state index is -4.82. The number of hydrogen-bond donors (Lipinski definition) is 3. The number of carbonyl (C=O) groups is 1. The van der Waals surface area contributed by atoms with E-state index in [1.807, 2.05) is 0 Å². The van der Waals surface area contributed by atoms with Crippen LogP contribution in [0.2, 0.25) is 0 Å². The third-order valence-corrected chi connectivity index (χ3v) is 0.748. The molecule has 0 aliphatic heterocycles. The first-order valence-corrected chi connectivity index (χ1v) is 2.85. The van der Waals surface area contributed by atoms with Crippen molar-refractivity contribution in [3.8, 4) is 0 Å². The van der Waals surface area contributed by atoms with Crippen molar-refractivity contribution in [1.29, 1.82) is 0 Å². The average molecular weight is 246 g/mol. The van der Waals surface area contributed by atoms with Gasteiger partial charge in [0.2, 0.25) is 0 Å². The molecule has 0 aromatic carbocycles. The van der Waals surface area contributed by atoms with Crippen molar-refractivity contribution in [2.24, 2.45) is 0 Å². The van der Waals surface area contributed by atoms with Crippen LogP contribution in [0.4, 0.5) is 4.79 Å². The van der Waals surface area contributed by atoms with Gasteiger partial charge in [-0.3, -0.25) is 0 Å². The molecule has 0 bridgehead atoms. The Morgan fingerprint density at radius 3 is 1.20 bits per heavy atom. The van der Waals surface area contributed by atoms with E-state index in [9.17, 15) is 9.36 Å². The van der Waals surface area contributed by atoms with Crippen LogP contribution in [0.1, 0.15) is 0 Å². The van der Waals surface area contributed by atoms with Crippen molar-refractivity contribution < 1.29 is 24.3 Å². The van der Waals surface area contributed by atoms with E-state index < -0.39 is 13.3 Å². The standard InChI is InChI=1S/CH3O5P.3K.3H/c2-1(3)7(4,5)6;;;;;;/h(H,2,3)(H2,4,5,6);;;;;;. The Kier molecular flexibility index (Phi) is 27.8. The van der Waals surface area contributed by atoms with E-state index in [-0.39, 0.29) is 154 Å². The molecule has 0 atom stereocenters. The Balaban J connectivity index is -0.0000000600. The van der Waals surface area contributed by atoms with Gasteiger partial charge in [-0.25, -0.2) is 9.36 Å². The summed E-state index contributed by atoms with van der Waals surface area (Å²) in [6, 6.07) is 0. The molecule has 0 unspecified atom stereocenters. The summed E-state index contributed by atoms with van der Waals surface area (Å²) in [6.07, 6.45) is 0. The summed E-state index contributed by atoms with van der Waals surface area (Å²) in [4.78, 5) is 24.5. The zero-order valence-electron chi connectivity index (χ0n) is 3.11. The maximum absolute atomic E-state index is 9.43. The first-order chi connectivity index (χ1) is 2.94. The molecule has 0 saturated carbocycles. The average Bonchev–Trinajstić information content (AvgIpc) is 1.31. The summed E-state index contributed by atoms with van der Waals surface area (Å²) >= 11 is 0. The first kappa shape index (κ1) is 24.0. The van der Waals surface area contributed by atoms with Crippen LogP contribution in [0.25, 0.3) is 0 Å². The van der Waals surface area contributed by atoms with E-state index in [0.717, 1.165) is 0 Å². The first-order valence-electron chi connectivity index (χ1n) is 1.23. The summed E-state index contributed by atoms with van der Waals surface area (Å²) in [5, 5.41) is 7.49. The number of hydrogen-bond acceptors (Lipinski definition) is 2. The topological polar surface area (TPSA) is 94.8 Å². The van der Waals surface area contributed by atoms with Gasteiger partial charge in [-0.05, 0) is 0 Å². The molecule has 0 saturated heterocycles. The summed E-state index contributed by atoms with van der Waals surface area (Å²) in [6.45, 7) is 0. The molecule has 0 aromatic heterocycles. The van der Waals surface area contributed by atoms with Gasteiger partial charge >= 0.3 is 167 Å². The molecule has 0 aromatic rings. The van der Waals surface area contributed by atoms with Crippen LogP contribution in [0.15, 0.2) is 0 Å². The van der Waals surface area contributed by atoms with Crippen molar-refractivity contribution >= 4 is 167 Å². The van der Waals surface area contributed by atoms with E-state index in [1.165, 1.54) is 0 Å². The molecule has 5 nitrogen and oxygen atoms in total.